The minimum absolute atomic E-state index is 0. The summed E-state index contributed by atoms with van der Waals surface area (Å²) in [5.41, 5.74) is 13.7. The van der Waals surface area contributed by atoms with E-state index in [4.69, 9.17) is 57.8 Å². The van der Waals surface area contributed by atoms with Crippen LogP contribution in [0, 0.1) is 27.7 Å². The standard InChI is InChI=1S/C16H16N2O6S.C9H10ClNO3S.C9H11NO4S.C7H7ClO2S.C7H7NO3.C2H5NO2.B.Cl2OS/c1-10-2-5-12(6-3-10)25(23,24)17-9-15(20)18-11-4-7-13(16(21)22)14(19)8-11;1-7-2-4-8(5-3-7)15(13,14)11-6-9(10)12;1-7-2-4-8(5-3-7)15(13,14)10-6-9(11)12;1-6-2-4-7(5-3-6)11(8,9)10;8-4-1-2-5(7(10)11)6(9)3-4;3-1-2(4)5;;1-4(2)3/h2-8,17,19H,9H2,1H3,(H,18,20)(H,21,22);2-5,11H,6H2,1H3;2-5,10H,6H2,1H3,(H,11,12);2-5H,1H3;1-3,9H,8H2,(H,10,11);1,3H2,(H,4,5);;. The highest BCUT2D eigenvalue weighted by atomic mass is 36.0. The lowest BCUT2D eigenvalue weighted by atomic mass is 10.2. The Bertz CT molecular complexity index is 3670. The van der Waals surface area contributed by atoms with Gasteiger partial charge in [-0.1, -0.05) is 70.8 Å². The number of carbonyl (C=O) groups is 6. The van der Waals surface area contributed by atoms with Crippen LogP contribution in [-0.4, -0.2) is 138 Å². The number of halogens is 4. The van der Waals surface area contributed by atoms with E-state index in [-0.39, 0.29) is 57.1 Å². The molecule has 0 saturated carbocycles. The number of hydrogen-bond donors (Lipinski definition) is 12. The number of aliphatic carboxylic acids is 2. The third-order valence-electron chi connectivity index (χ3n) is 9.47. The second-order valence-corrected chi connectivity index (χ2v) is 27.2. The van der Waals surface area contributed by atoms with Crippen molar-refractivity contribution in [1.29, 1.82) is 0 Å². The maximum absolute atomic E-state index is 12.1. The fourth-order valence-electron chi connectivity index (χ4n) is 5.30. The predicted molar refractivity (Wildman–Crippen MR) is 327 cm³/mol. The van der Waals surface area contributed by atoms with Crippen LogP contribution < -0.4 is 31.0 Å². The molecule has 0 bridgehead atoms. The van der Waals surface area contributed by atoms with Crippen LogP contribution in [0.1, 0.15) is 43.0 Å². The van der Waals surface area contributed by atoms with Gasteiger partial charge in [0.25, 0.3) is 9.05 Å². The smallest absolute Gasteiger partial charge is 0.339 e. The molecule has 0 aromatic heterocycles. The molecular formula is C50H56BCl4N6O21S5. The number of carboxylic acids is 4. The average molecular weight is 1390 g/mol. The van der Waals surface area contributed by atoms with Gasteiger partial charge in [0.2, 0.25) is 50.4 Å². The highest BCUT2D eigenvalue weighted by molar-refractivity contribution is 8.26. The van der Waals surface area contributed by atoms with E-state index < -0.39 is 109 Å². The first kappa shape index (κ1) is 81.8. The van der Waals surface area contributed by atoms with E-state index in [1.54, 1.807) is 48.5 Å². The number of aryl methyl sites for hydroxylation is 4. The van der Waals surface area contributed by atoms with Crippen LogP contribution in [0.5, 0.6) is 11.5 Å². The molecule has 0 spiro atoms. The molecule has 0 saturated heterocycles. The van der Waals surface area contributed by atoms with E-state index in [2.05, 4.69) is 41.9 Å². The number of phenols is 2. The van der Waals surface area contributed by atoms with Crippen molar-refractivity contribution < 1.29 is 97.3 Å². The molecule has 14 N–H and O–H groups in total. The zero-order valence-corrected chi connectivity index (χ0v) is 52.7. The van der Waals surface area contributed by atoms with Gasteiger partial charge in [-0.2, -0.15) is 4.72 Å². The number of carboxylic acid groups (broad SMARTS) is 4. The number of sulfonamides is 3. The fraction of sp³-hybridized carbons (Fsp3) is 0.160. The highest BCUT2D eigenvalue weighted by Crippen LogP contribution is 2.23. The molecule has 0 unspecified atom stereocenters. The molecule has 0 fully saturated rings. The summed E-state index contributed by atoms with van der Waals surface area (Å²) in [6.45, 7) is 5.58. The molecular weight excluding hydrogens is 1330 g/mol. The summed E-state index contributed by atoms with van der Waals surface area (Å²) in [6, 6.07) is 32.3. The maximum atomic E-state index is 12.1. The van der Waals surface area contributed by atoms with Gasteiger partial charge in [0, 0.05) is 64.0 Å². The Kier molecular flexibility index (Phi) is 37.2. The summed E-state index contributed by atoms with van der Waals surface area (Å²) in [7, 11) is -2.26. The largest absolute Gasteiger partial charge is 0.507 e. The number of nitrogens with one attached hydrogen (secondary N) is 4. The van der Waals surface area contributed by atoms with Gasteiger partial charge in [-0.25, -0.2) is 56.9 Å². The van der Waals surface area contributed by atoms with Gasteiger partial charge in [0.1, 0.15) is 29.2 Å². The van der Waals surface area contributed by atoms with E-state index in [0.717, 1.165) is 34.4 Å². The molecule has 37 heteroatoms. The number of hydrogen-bond acceptors (Lipinski definition) is 19. The summed E-state index contributed by atoms with van der Waals surface area (Å²) in [5.74, 6) is -6.14. The Hall–Kier alpha value is -7.25. The molecule has 3 radical (unpaired) electrons. The van der Waals surface area contributed by atoms with Crippen LogP contribution >= 0.6 is 43.6 Å². The van der Waals surface area contributed by atoms with Crippen molar-refractivity contribution in [2.75, 3.05) is 37.2 Å². The van der Waals surface area contributed by atoms with Gasteiger partial charge in [-0.3, -0.25) is 19.2 Å². The van der Waals surface area contributed by atoms with E-state index >= 15 is 0 Å². The minimum atomic E-state index is -3.83. The van der Waals surface area contributed by atoms with Crippen molar-refractivity contribution in [2.45, 2.75) is 47.3 Å². The summed E-state index contributed by atoms with van der Waals surface area (Å²) >= 11 is 5.03. The zero-order chi connectivity index (χ0) is 66.3. The van der Waals surface area contributed by atoms with Crippen LogP contribution in [0.4, 0.5) is 11.4 Å². The molecule has 0 aliphatic heterocycles. The van der Waals surface area contributed by atoms with E-state index in [9.17, 15) is 67.5 Å². The molecule has 0 aliphatic rings. The lowest BCUT2D eigenvalue weighted by molar-refractivity contribution is -0.136. The molecule has 6 rings (SSSR count). The topological polar surface area (TPSA) is 478 Å². The van der Waals surface area contributed by atoms with Crippen LogP contribution in [0.3, 0.4) is 0 Å². The molecule has 1 amide bonds. The first-order chi connectivity index (χ1) is 39.6. The van der Waals surface area contributed by atoms with Gasteiger partial charge in [0.05, 0.1) is 39.2 Å². The summed E-state index contributed by atoms with van der Waals surface area (Å²) in [6.07, 6.45) is 0. The lowest BCUT2D eigenvalue weighted by Crippen LogP contribution is -2.32. The van der Waals surface area contributed by atoms with Crippen molar-refractivity contribution in [2.24, 2.45) is 5.73 Å². The first-order valence-electron chi connectivity index (χ1n) is 23.1. The number of amides is 1. The van der Waals surface area contributed by atoms with Crippen molar-refractivity contribution >= 4 is 147 Å². The SMILES string of the molecule is Cc1ccc(S(=O)(=O)Cl)cc1.Cc1ccc(S(=O)(=O)NCC(=O)Cl)cc1.Cc1ccc(S(=O)(=O)NCC(=O)Nc2ccc(C(=O)O)c(O)c2)cc1.Cc1ccc(S(=O)(=O)NCC(=O)O)cc1.NCC(=O)O.Nc1ccc(C(=O)O)c(O)c1.O=S(Cl)Cl.[B]. The summed E-state index contributed by atoms with van der Waals surface area (Å²) in [4.78, 5) is 63.2. The molecule has 87 heavy (non-hydrogen) atoms. The Morgan fingerprint density at radius 3 is 1.07 bits per heavy atom. The number of rotatable bonds is 17. The van der Waals surface area contributed by atoms with Gasteiger partial charge < -0.3 is 47.4 Å². The fourth-order valence-corrected chi connectivity index (χ4v) is 9.15. The summed E-state index contributed by atoms with van der Waals surface area (Å²) < 4.78 is 107. The molecule has 0 aliphatic carbocycles. The van der Waals surface area contributed by atoms with Crippen LogP contribution in [0.2, 0.25) is 0 Å². The molecule has 473 valence electrons. The number of aromatic hydroxyl groups is 2. The quantitative estimate of drug-likeness (QED) is 0.0325. The third-order valence-corrected chi connectivity index (χ3v) is 15.2. The van der Waals surface area contributed by atoms with E-state index in [1.165, 1.54) is 72.8 Å². The Morgan fingerprint density at radius 1 is 0.494 bits per heavy atom. The monoisotopic (exact) mass is 1390 g/mol. The Labute approximate surface area is 523 Å². The lowest BCUT2D eigenvalue weighted by Gasteiger charge is -2.09. The number of anilines is 2. The number of carbonyl (C=O) groups excluding carboxylic acids is 2. The predicted octanol–water partition coefficient (Wildman–Crippen LogP) is 5.00. The number of nitrogen functional groups attached to an aromatic ring is 1. The van der Waals surface area contributed by atoms with Crippen molar-refractivity contribution in [3.8, 4) is 11.5 Å². The number of benzene rings is 6. The summed E-state index contributed by atoms with van der Waals surface area (Å²) in [5, 5.41) is 53.4. The number of nitrogens with two attached hydrogens (primary N) is 2. The third kappa shape index (κ3) is 35.2. The normalized spacial score (nSPS) is 10.6. The van der Waals surface area contributed by atoms with Gasteiger partial charge >= 0.3 is 23.9 Å². The maximum Gasteiger partial charge on any atom is 0.339 e. The van der Waals surface area contributed by atoms with Crippen LogP contribution in [-0.2, 0) is 67.5 Å². The van der Waals surface area contributed by atoms with E-state index in [0.29, 0.717) is 5.69 Å². The molecule has 0 heterocycles. The van der Waals surface area contributed by atoms with Crippen LogP contribution in [0.25, 0.3) is 0 Å². The Balaban J connectivity index is 0. The van der Waals surface area contributed by atoms with Gasteiger partial charge in [-0.05, 0) is 112 Å². The average Bonchev–Trinajstić information content (AvgIpc) is 3.47. The van der Waals surface area contributed by atoms with Crippen molar-refractivity contribution in [3.05, 3.63) is 167 Å². The second-order valence-electron chi connectivity index (χ2n) is 16.4. The molecule has 0 atom stereocenters. The Morgan fingerprint density at radius 2 is 0.793 bits per heavy atom. The van der Waals surface area contributed by atoms with Crippen molar-refractivity contribution in [3.63, 3.8) is 0 Å². The molecule has 27 nitrogen and oxygen atoms in total. The van der Waals surface area contributed by atoms with E-state index in [1.807, 2.05) is 32.4 Å². The second kappa shape index (κ2) is 39.5. The van der Waals surface area contributed by atoms with Crippen LogP contribution in [0.15, 0.2) is 153 Å². The van der Waals surface area contributed by atoms with Crippen molar-refractivity contribution in [1.82, 2.24) is 14.2 Å². The highest BCUT2D eigenvalue weighted by Gasteiger charge is 2.18. The van der Waals surface area contributed by atoms with Gasteiger partial charge in [-0.15, -0.1) is 0 Å². The molecule has 6 aromatic carbocycles. The van der Waals surface area contributed by atoms with Gasteiger partial charge in [0.15, 0.2) is 0 Å². The minimum Gasteiger partial charge on any atom is -0.507 e. The first-order valence-corrected chi connectivity index (χ1v) is 33.0. The number of aromatic carboxylic acids is 2. The zero-order valence-electron chi connectivity index (χ0n) is 45.6. The molecule has 6 aromatic rings.